The van der Waals surface area contributed by atoms with E-state index in [1.54, 1.807) is 49.4 Å². The summed E-state index contributed by atoms with van der Waals surface area (Å²) in [5.74, 6) is -0.783. The quantitative estimate of drug-likeness (QED) is 0.162. The molecule has 1 N–H and O–H groups in total. The van der Waals surface area contributed by atoms with Crippen LogP contribution >= 0.6 is 23.2 Å². The number of carbonyl (C=O) groups is 2. The highest BCUT2D eigenvalue weighted by molar-refractivity contribution is 7.92. The fourth-order valence-electron chi connectivity index (χ4n) is 5.05. The maximum absolute atomic E-state index is 14.7. The van der Waals surface area contributed by atoms with Gasteiger partial charge in [0.2, 0.25) is 11.8 Å². The van der Waals surface area contributed by atoms with Crippen LogP contribution in [0.15, 0.2) is 102 Å². The maximum atomic E-state index is 14.7. The highest BCUT2D eigenvalue weighted by Gasteiger charge is 2.35. The van der Waals surface area contributed by atoms with Crippen LogP contribution in [0.25, 0.3) is 0 Å². The second kappa shape index (κ2) is 15.6. The minimum atomic E-state index is -4.20. The number of benzene rings is 4. The number of nitrogens with zero attached hydrogens (tertiary/aromatic N) is 2. The molecule has 10 heteroatoms. The van der Waals surface area contributed by atoms with Crippen LogP contribution in [0.3, 0.4) is 0 Å². The van der Waals surface area contributed by atoms with Crippen molar-refractivity contribution >= 4 is 50.7 Å². The first-order chi connectivity index (χ1) is 21.9. The number of halogens is 2. The molecule has 0 spiro atoms. The highest BCUT2D eigenvalue weighted by atomic mass is 35.5. The molecule has 7 nitrogen and oxygen atoms in total. The van der Waals surface area contributed by atoms with Gasteiger partial charge in [0.05, 0.1) is 10.6 Å². The Bertz CT molecular complexity index is 1750. The Hall–Kier alpha value is -3.85. The minimum Gasteiger partial charge on any atom is -0.354 e. The Kier molecular flexibility index (Phi) is 11.9. The number of anilines is 1. The SMILES string of the molecule is Cc1ccc(C)c(N(CC(=O)N(Cc2c(Cl)cccc2Cl)[C@@H](Cc2ccccc2)C(=O)NCC(C)C)S(=O)(=O)c2ccccc2)c1. The molecule has 4 rings (SSSR count). The predicted octanol–water partition coefficient (Wildman–Crippen LogP) is 7.22. The molecule has 242 valence electrons. The van der Waals surface area contributed by atoms with Gasteiger partial charge in [0.25, 0.3) is 10.0 Å². The molecule has 0 heterocycles. The van der Waals surface area contributed by atoms with Crippen LogP contribution in [0.2, 0.25) is 10.0 Å². The second-order valence-corrected chi connectivity index (χ2v) is 14.4. The van der Waals surface area contributed by atoms with Crippen molar-refractivity contribution < 1.29 is 18.0 Å². The molecule has 0 aliphatic heterocycles. The van der Waals surface area contributed by atoms with Gasteiger partial charge in [-0.15, -0.1) is 0 Å². The number of aryl methyl sites for hydroxylation is 2. The Balaban J connectivity index is 1.86. The maximum Gasteiger partial charge on any atom is 0.264 e. The summed E-state index contributed by atoms with van der Waals surface area (Å²) < 4.78 is 29.6. The fraction of sp³-hybridized carbons (Fsp3) is 0.278. The number of hydrogen-bond acceptors (Lipinski definition) is 4. The molecule has 1 atom stereocenters. The molecule has 2 amide bonds. The standard InChI is InChI=1S/C36H39Cl2N3O4S/c1-25(2)22-39-36(43)34(21-28-12-7-5-8-13-28)40(23-30-31(37)16-11-17-32(30)38)35(42)24-41(33-20-26(3)18-19-27(33)4)46(44,45)29-14-9-6-10-15-29/h5-20,25,34H,21-24H2,1-4H3,(H,39,43)/t34-/m0/s1. The average Bonchev–Trinajstić information content (AvgIpc) is 3.03. The monoisotopic (exact) mass is 679 g/mol. The summed E-state index contributed by atoms with van der Waals surface area (Å²) in [5.41, 5.74) is 3.17. The lowest BCUT2D eigenvalue weighted by Gasteiger charge is -2.34. The first-order valence-corrected chi connectivity index (χ1v) is 17.3. The van der Waals surface area contributed by atoms with E-state index in [4.69, 9.17) is 23.2 Å². The van der Waals surface area contributed by atoms with Crippen LogP contribution in [0.4, 0.5) is 5.69 Å². The molecular weight excluding hydrogens is 641 g/mol. The van der Waals surface area contributed by atoms with E-state index in [0.29, 0.717) is 33.4 Å². The van der Waals surface area contributed by atoms with Gasteiger partial charge in [-0.3, -0.25) is 13.9 Å². The van der Waals surface area contributed by atoms with E-state index in [9.17, 15) is 18.0 Å². The fourth-order valence-corrected chi connectivity index (χ4v) is 7.06. The van der Waals surface area contributed by atoms with E-state index in [0.717, 1.165) is 15.4 Å². The number of sulfonamides is 1. The van der Waals surface area contributed by atoms with Crippen LogP contribution in [0.5, 0.6) is 0 Å². The van der Waals surface area contributed by atoms with Crippen LogP contribution in [0, 0.1) is 19.8 Å². The van der Waals surface area contributed by atoms with Gasteiger partial charge in [0.15, 0.2) is 0 Å². The lowest BCUT2D eigenvalue weighted by molar-refractivity contribution is -0.140. The van der Waals surface area contributed by atoms with Gasteiger partial charge in [-0.25, -0.2) is 8.42 Å². The van der Waals surface area contributed by atoms with E-state index in [1.165, 1.54) is 17.0 Å². The third kappa shape index (κ3) is 8.69. The summed E-state index contributed by atoms with van der Waals surface area (Å²) in [4.78, 5) is 30.0. The summed E-state index contributed by atoms with van der Waals surface area (Å²) in [6.45, 7) is 7.34. The number of hydrogen-bond donors (Lipinski definition) is 1. The second-order valence-electron chi connectivity index (χ2n) is 11.7. The van der Waals surface area contributed by atoms with Crippen molar-refractivity contribution in [2.24, 2.45) is 5.92 Å². The van der Waals surface area contributed by atoms with Crippen molar-refractivity contribution in [3.05, 3.63) is 129 Å². The lowest BCUT2D eigenvalue weighted by Crippen LogP contribution is -2.54. The zero-order valence-corrected chi connectivity index (χ0v) is 28.7. The molecule has 0 fully saturated rings. The van der Waals surface area contributed by atoms with Gasteiger partial charge in [-0.2, -0.15) is 0 Å². The van der Waals surface area contributed by atoms with Crippen LogP contribution in [-0.4, -0.2) is 44.3 Å². The molecule has 0 unspecified atom stereocenters. The van der Waals surface area contributed by atoms with Gasteiger partial charge >= 0.3 is 0 Å². The number of carbonyl (C=O) groups excluding carboxylic acids is 2. The van der Waals surface area contributed by atoms with Crippen LogP contribution in [-0.2, 0) is 32.6 Å². The smallest absolute Gasteiger partial charge is 0.264 e. The summed E-state index contributed by atoms with van der Waals surface area (Å²) in [6, 6.07) is 26.8. The van der Waals surface area contributed by atoms with E-state index >= 15 is 0 Å². The average molecular weight is 681 g/mol. The van der Waals surface area contributed by atoms with Crippen molar-refractivity contribution in [3.63, 3.8) is 0 Å². The molecule has 46 heavy (non-hydrogen) atoms. The molecular formula is C36H39Cl2N3O4S. The van der Waals surface area contributed by atoms with Gasteiger partial charge in [-0.05, 0) is 66.8 Å². The minimum absolute atomic E-state index is 0.0416. The molecule has 0 radical (unpaired) electrons. The van der Waals surface area contributed by atoms with E-state index in [2.05, 4.69) is 5.32 Å². The van der Waals surface area contributed by atoms with Gasteiger partial charge in [-0.1, -0.05) is 104 Å². The molecule has 0 aromatic heterocycles. The molecule has 0 aliphatic carbocycles. The molecule has 0 saturated heterocycles. The van der Waals surface area contributed by atoms with Gasteiger partial charge < -0.3 is 10.2 Å². The molecule has 4 aromatic rings. The zero-order valence-electron chi connectivity index (χ0n) is 26.4. The van der Waals surface area contributed by atoms with E-state index < -0.39 is 28.5 Å². The number of amides is 2. The predicted molar refractivity (Wildman–Crippen MR) is 186 cm³/mol. The topological polar surface area (TPSA) is 86.8 Å². The van der Waals surface area contributed by atoms with Crippen molar-refractivity contribution in [2.75, 3.05) is 17.4 Å². The Labute approximate surface area is 282 Å². The lowest BCUT2D eigenvalue weighted by atomic mass is 10.0. The van der Waals surface area contributed by atoms with Gasteiger partial charge in [0, 0.05) is 35.1 Å². The Morgan fingerprint density at radius 1 is 0.826 bits per heavy atom. The van der Waals surface area contributed by atoms with Crippen LogP contribution < -0.4 is 9.62 Å². The largest absolute Gasteiger partial charge is 0.354 e. The zero-order chi connectivity index (χ0) is 33.4. The van der Waals surface area contributed by atoms with Crippen LogP contribution in [0.1, 0.15) is 36.1 Å². The van der Waals surface area contributed by atoms with Crippen molar-refractivity contribution in [1.29, 1.82) is 0 Å². The summed E-state index contributed by atoms with van der Waals surface area (Å²) in [5, 5.41) is 3.64. The van der Waals surface area contributed by atoms with Crippen molar-refractivity contribution in [3.8, 4) is 0 Å². The summed E-state index contributed by atoms with van der Waals surface area (Å²) in [7, 11) is -4.20. The number of nitrogens with one attached hydrogen (secondary N) is 1. The molecule has 4 aromatic carbocycles. The summed E-state index contributed by atoms with van der Waals surface area (Å²) >= 11 is 13.2. The van der Waals surface area contributed by atoms with Crippen molar-refractivity contribution in [1.82, 2.24) is 10.2 Å². The third-order valence-corrected chi connectivity index (χ3v) is 10.1. The van der Waals surface area contributed by atoms with E-state index in [-0.39, 0.29) is 29.7 Å². The molecule has 0 bridgehead atoms. The Morgan fingerprint density at radius 2 is 1.43 bits per heavy atom. The number of rotatable bonds is 13. The first-order valence-electron chi connectivity index (χ1n) is 15.1. The molecule has 0 saturated carbocycles. The van der Waals surface area contributed by atoms with Gasteiger partial charge in [0.1, 0.15) is 12.6 Å². The normalized spacial score (nSPS) is 12.1. The highest BCUT2D eigenvalue weighted by Crippen LogP contribution is 2.30. The summed E-state index contributed by atoms with van der Waals surface area (Å²) in [6.07, 6.45) is 0.188. The van der Waals surface area contributed by atoms with Crippen molar-refractivity contribution in [2.45, 2.75) is 51.6 Å². The molecule has 0 aliphatic rings. The Morgan fingerprint density at radius 3 is 2.04 bits per heavy atom. The third-order valence-electron chi connectivity index (χ3n) is 7.59. The van der Waals surface area contributed by atoms with E-state index in [1.807, 2.05) is 63.2 Å². The first kappa shape index (κ1) is 35.0.